The molecule has 0 aliphatic carbocycles. The van der Waals surface area contributed by atoms with Gasteiger partial charge in [-0.25, -0.2) is 4.79 Å². The first-order valence-electron chi connectivity index (χ1n) is 9.69. The molecule has 0 saturated heterocycles. The summed E-state index contributed by atoms with van der Waals surface area (Å²) < 4.78 is 7.19. The standard InChI is InChI=1S/C23H23N3O3S/c1-5-26-13-17(18-9-7-8-10-19(18)26)11-16(12-24)21(27)25-22-20(23(28)29-6-2)14(3)15(4)30-22/h7-11,13H,5-6H2,1-4H3,(H,25,27)/b16-11+. The van der Waals surface area contributed by atoms with Crippen molar-refractivity contribution >= 4 is 45.2 Å². The number of fused-ring (bicyclic) bond motifs is 1. The number of ether oxygens (including phenoxy) is 1. The van der Waals surface area contributed by atoms with Gasteiger partial charge in [0.25, 0.3) is 5.91 Å². The number of nitriles is 1. The second-order valence-electron chi connectivity index (χ2n) is 6.72. The van der Waals surface area contributed by atoms with Crippen LogP contribution in [0.4, 0.5) is 5.00 Å². The molecule has 2 heterocycles. The number of nitrogens with one attached hydrogen (secondary N) is 1. The van der Waals surface area contributed by atoms with Crippen LogP contribution in [-0.2, 0) is 16.1 Å². The van der Waals surface area contributed by atoms with E-state index in [2.05, 4.69) is 9.88 Å². The Morgan fingerprint density at radius 3 is 2.67 bits per heavy atom. The molecule has 0 aliphatic rings. The molecule has 6 nitrogen and oxygen atoms in total. The van der Waals surface area contributed by atoms with Gasteiger partial charge >= 0.3 is 5.97 Å². The lowest BCUT2D eigenvalue weighted by Gasteiger charge is -2.06. The molecule has 2 aromatic heterocycles. The van der Waals surface area contributed by atoms with Crippen LogP contribution in [0, 0.1) is 25.2 Å². The van der Waals surface area contributed by atoms with Crippen molar-refractivity contribution in [2.24, 2.45) is 0 Å². The number of nitrogens with zero attached hydrogens (tertiary/aromatic N) is 2. The van der Waals surface area contributed by atoms with Crippen molar-refractivity contribution in [3.63, 3.8) is 0 Å². The molecule has 7 heteroatoms. The Hall–Kier alpha value is -3.37. The lowest BCUT2D eigenvalue weighted by Crippen LogP contribution is -2.16. The van der Waals surface area contributed by atoms with Gasteiger partial charge in [-0.2, -0.15) is 5.26 Å². The molecule has 3 aromatic rings. The van der Waals surface area contributed by atoms with Crippen molar-refractivity contribution in [3.05, 3.63) is 57.6 Å². The normalized spacial score (nSPS) is 11.4. The zero-order valence-corrected chi connectivity index (χ0v) is 18.2. The first-order chi connectivity index (χ1) is 14.4. The van der Waals surface area contributed by atoms with Crippen molar-refractivity contribution in [1.82, 2.24) is 4.57 Å². The number of amides is 1. The molecule has 154 valence electrons. The van der Waals surface area contributed by atoms with Gasteiger partial charge in [0, 0.05) is 34.1 Å². The third-order valence-corrected chi connectivity index (χ3v) is 6.04. The Morgan fingerprint density at radius 1 is 1.27 bits per heavy atom. The maximum Gasteiger partial charge on any atom is 0.341 e. The first kappa shape index (κ1) is 21.3. The quantitative estimate of drug-likeness (QED) is 0.342. The number of aryl methyl sites for hydroxylation is 2. The number of hydrogen-bond acceptors (Lipinski definition) is 5. The number of hydrogen-bond donors (Lipinski definition) is 1. The second kappa shape index (κ2) is 8.97. The van der Waals surface area contributed by atoms with E-state index in [1.54, 1.807) is 13.0 Å². The maximum absolute atomic E-state index is 12.9. The molecule has 0 atom stereocenters. The second-order valence-corrected chi connectivity index (χ2v) is 7.94. The highest BCUT2D eigenvalue weighted by Gasteiger charge is 2.23. The molecule has 1 aromatic carbocycles. The van der Waals surface area contributed by atoms with Gasteiger partial charge in [0.1, 0.15) is 16.6 Å². The molecule has 1 amide bonds. The van der Waals surface area contributed by atoms with Crippen LogP contribution in [-0.4, -0.2) is 23.1 Å². The third kappa shape index (κ3) is 4.00. The highest BCUT2D eigenvalue weighted by Crippen LogP contribution is 2.33. The van der Waals surface area contributed by atoms with Gasteiger partial charge in [-0.05, 0) is 45.4 Å². The summed E-state index contributed by atoms with van der Waals surface area (Å²) in [6, 6.07) is 9.84. The summed E-state index contributed by atoms with van der Waals surface area (Å²) in [7, 11) is 0. The van der Waals surface area contributed by atoms with Gasteiger partial charge in [-0.1, -0.05) is 18.2 Å². The average Bonchev–Trinajstić information content (AvgIpc) is 3.23. The van der Waals surface area contributed by atoms with Crippen LogP contribution in [0.15, 0.2) is 36.0 Å². The fourth-order valence-corrected chi connectivity index (χ4v) is 4.33. The van der Waals surface area contributed by atoms with E-state index in [1.807, 2.05) is 57.3 Å². The molecule has 30 heavy (non-hydrogen) atoms. The Kier molecular flexibility index (Phi) is 6.38. The van der Waals surface area contributed by atoms with Crippen LogP contribution in [0.5, 0.6) is 0 Å². The molecule has 0 saturated carbocycles. The SMILES string of the molecule is CCOC(=O)c1c(NC(=O)/C(C#N)=C/c2cn(CC)c3ccccc23)sc(C)c1C. The smallest absolute Gasteiger partial charge is 0.341 e. The molecule has 0 bridgehead atoms. The number of benzene rings is 1. The van der Waals surface area contributed by atoms with Crippen LogP contribution in [0.25, 0.3) is 17.0 Å². The number of thiophene rings is 1. The van der Waals surface area contributed by atoms with Gasteiger partial charge in [0.05, 0.1) is 12.2 Å². The van der Waals surface area contributed by atoms with E-state index in [-0.39, 0.29) is 12.2 Å². The Bertz CT molecular complexity index is 1190. The number of rotatable bonds is 6. The van der Waals surface area contributed by atoms with Crippen molar-refractivity contribution in [1.29, 1.82) is 5.26 Å². The highest BCUT2D eigenvalue weighted by atomic mass is 32.1. The summed E-state index contributed by atoms with van der Waals surface area (Å²) in [5.41, 5.74) is 2.91. The van der Waals surface area contributed by atoms with Crippen molar-refractivity contribution in [3.8, 4) is 6.07 Å². The Balaban J connectivity index is 1.97. The summed E-state index contributed by atoms with van der Waals surface area (Å²) in [6.45, 7) is 8.47. The molecular weight excluding hydrogens is 398 g/mol. The van der Waals surface area contributed by atoms with Gasteiger partial charge in [0.15, 0.2) is 0 Å². The third-order valence-electron chi connectivity index (χ3n) is 4.92. The highest BCUT2D eigenvalue weighted by molar-refractivity contribution is 7.16. The molecule has 0 unspecified atom stereocenters. The van der Waals surface area contributed by atoms with Gasteiger partial charge in [-0.3, -0.25) is 4.79 Å². The van der Waals surface area contributed by atoms with E-state index in [4.69, 9.17) is 4.74 Å². The predicted molar refractivity (Wildman–Crippen MR) is 120 cm³/mol. The minimum atomic E-state index is -0.558. The summed E-state index contributed by atoms with van der Waals surface area (Å²) in [5.74, 6) is -1.04. The Labute approximate surface area is 179 Å². The molecular formula is C23H23N3O3S. The summed E-state index contributed by atoms with van der Waals surface area (Å²) in [6.07, 6.45) is 3.51. The van der Waals surface area contributed by atoms with Gasteiger partial charge in [-0.15, -0.1) is 11.3 Å². The van der Waals surface area contributed by atoms with Crippen LogP contribution in [0.1, 0.15) is 40.2 Å². The fourth-order valence-electron chi connectivity index (χ4n) is 3.29. The first-order valence-corrected chi connectivity index (χ1v) is 10.5. The number of anilines is 1. The van der Waals surface area contributed by atoms with E-state index in [0.29, 0.717) is 10.6 Å². The van der Waals surface area contributed by atoms with Crippen molar-refractivity contribution < 1.29 is 14.3 Å². The minimum absolute atomic E-state index is 0.0347. The summed E-state index contributed by atoms with van der Waals surface area (Å²) in [4.78, 5) is 26.1. The van der Waals surface area contributed by atoms with E-state index in [0.717, 1.165) is 33.5 Å². The summed E-state index contributed by atoms with van der Waals surface area (Å²) in [5, 5.41) is 13.7. The number of esters is 1. The predicted octanol–water partition coefficient (Wildman–Crippen LogP) is 5.06. The largest absolute Gasteiger partial charge is 0.462 e. The van der Waals surface area contributed by atoms with Crippen LogP contribution < -0.4 is 5.32 Å². The minimum Gasteiger partial charge on any atom is -0.462 e. The fraction of sp³-hybridized carbons (Fsp3) is 0.261. The summed E-state index contributed by atoms with van der Waals surface area (Å²) >= 11 is 1.29. The van der Waals surface area contributed by atoms with E-state index < -0.39 is 11.9 Å². The van der Waals surface area contributed by atoms with Crippen LogP contribution in [0.2, 0.25) is 0 Å². The van der Waals surface area contributed by atoms with Crippen molar-refractivity contribution in [2.45, 2.75) is 34.2 Å². The molecule has 0 aliphatic heterocycles. The monoisotopic (exact) mass is 421 g/mol. The molecule has 0 spiro atoms. The van der Waals surface area contributed by atoms with Gasteiger partial charge < -0.3 is 14.6 Å². The number of carbonyl (C=O) groups is 2. The lowest BCUT2D eigenvalue weighted by molar-refractivity contribution is -0.112. The van der Waals surface area contributed by atoms with Crippen molar-refractivity contribution in [2.75, 3.05) is 11.9 Å². The number of aromatic nitrogens is 1. The molecule has 0 fully saturated rings. The Morgan fingerprint density at radius 2 is 2.00 bits per heavy atom. The molecule has 0 radical (unpaired) electrons. The topological polar surface area (TPSA) is 84.1 Å². The van der Waals surface area contributed by atoms with E-state index in [1.165, 1.54) is 11.3 Å². The molecule has 1 N–H and O–H groups in total. The van der Waals surface area contributed by atoms with Crippen LogP contribution in [0.3, 0.4) is 0 Å². The zero-order chi connectivity index (χ0) is 21.8. The van der Waals surface area contributed by atoms with E-state index in [9.17, 15) is 14.9 Å². The lowest BCUT2D eigenvalue weighted by atomic mass is 10.1. The van der Waals surface area contributed by atoms with Crippen LogP contribution >= 0.6 is 11.3 Å². The van der Waals surface area contributed by atoms with E-state index >= 15 is 0 Å². The van der Waals surface area contributed by atoms with Gasteiger partial charge in [0.2, 0.25) is 0 Å². The number of para-hydroxylation sites is 1. The number of carbonyl (C=O) groups excluding carboxylic acids is 2. The zero-order valence-electron chi connectivity index (χ0n) is 17.4. The molecule has 3 rings (SSSR count). The maximum atomic E-state index is 12.9. The average molecular weight is 422 g/mol.